The summed E-state index contributed by atoms with van der Waals surface area (Å²) in [7, 11) is 3.43. The van der Waals surface area contributed by atoms with Crippen LogP contribution in [0.4, 0.5) is 0 Å². The van der Waals surface area contributed by atoms with Gasteiger partial charge in [-0.1, -0.05) is 25.1 Å². The Morgan fingerprint density at radius 2 is 1.61 bits per heavy atom. The average molecular weight is 418 g/mol. The lowest BCUT2D eigenvalue weighted by Crippen LogP contribution is -2.40. The second-order valence-corrected chi connectivity index (χ2v) is 8.43. The molecule has 0 saturated carbocycles. The predicted octanol–water partition coefficient (Wildman–Crippen LogP) is 2.87. The van der Waals surface area contributed by atoms with Gasteiger partial charge in [0.15, 0.2) is 0 Å². The monoisotopic (exact) mass is 418 g/mol. The van der Waals surface area contributed by atoms with Crippen LogP contribution < -0.4 is 16.8 Å². The van der Waals surface area contributed by atoms with Crippen LogP contribution in [-0.2, 0) is 20.5 Å². The minimum absolute atomic E-state index is 0.0310. The number of nitrogens with zero attached hydrogens (tertiary/aromatic N) is 4. The normalized spacial score (nSPS) is 12.7. The molecule has 0 fully saturated rings. The van der Waals surface area contributed by atoms with E-state index < -0.39 is 0 Å². The Hall–Kier alpha value is -3.48. The molecule has 0 aliphatic rings. The van der Waals surface area contributed by atoms with Crippen molar-refractivity contribution in [1.29, 1.82) is 0 Å². The van der Waals surface area contributed by atoms with Crippen LogP contribution in [0.1, 0.15) is 44.0 Å². The summed E-state index contributed by atoms with van der Waals surface area (Å²) in [6, 6.07) is 11.2. The molecule has 1 unspecified atom stereocenters. The van der Waals surface area contributed by atoms with Crippen LogP contribution in [0.15, 0.2) is 57.0 Å². The van der Waals surface area contributed by atoms with Crippen LogP contribution >= 0.6 is 0 Å². The van der Waals surface area contributed by atoms with Gasteiger partial charge in [-0.15, -0.1) is 0 Å². The first kappa shape index (κ1) is 20.8. The number of benzene rings is 1. The zero-order chi connectivity index (χ0) is 22.4. The third-order valence-electron chi connectivity index (χ3n) is 5.97. The maximum Gasteiger partial charge on any atom is 0.331 e. The molecule has 0 radical (unpaired) electrons. The number of fused-ring (bicyclic) bond motifs is 2. The van der Waals surface area contributed by atoms with Crippen molar-refractivity contribution in [3.63, 3.8) is 0 Å². The minimum Gasteiger partial charge on any atom is -0.311 e. The highest BCUT2D eigenvalue weighted by Gasteiger charge is 2.17. The molecule has 1 atom stereocenters. The van der Waals surface area contributed by atoms with Gasteiger partial charge in [0.25, 0.3) is 11.1 Å². The third-order valence-corrected chi connectivity index (χ3v) is 5.97. The lowest BCUT2D eigenvalue weighted by Gasteiger charge is -2.16. The van der Waals surface area contributed by atoms with Crippen LogP contribution in [0.5, 0.6) is 0 Å². The lowest BCUT2D eigenvalue weighted by atomic mass is 9.95. The quantitative estimate of drug-likeness (QED) is 0.511. The molecule has 0 spiro atoms. The predicted molar refractivity (Wildman–Crippen MR) is 123 cm³/mol. The molecule has 3 aromatic heterocycles. The highest BCUT2D eigenvalue weighted by Crippen LogP contribution is 2.22. The van der Waals surface area contributed by atoms with Crippen molar-refractivity contribution in [3.8, 4) is 0 Å². The molecule has 0 aliphatic carbocycles. The van der Waals surface area contributed by atoms with E-state index in [9.17, 15) is 14.4 Å². The maximum atomic E-state index is 13.0. The van der Waals surface area contributed by atoms with E-state index in [0.29, 0.717) is 28.6 Å². The summed E-state index contributed by atoms with van der Waals surface area (Å²) in [5, 5.41) is 1.46. The molecule has 0 N–H and O–H groups in total. The summed E-state index contributed by atoms with van der Waals surface area (Å²) < 4.78 is 4.39. The van der Waals surface area contributed by atoms with Gasteiger partial charge in [0.2, 0.25) is 0 Å². The fourth-order valence-corrected chi connectivity index (χ4v) is 4.20. The number of aryl methyl sites for hydroxylation is 2. The van der Waals surface area contributed by atoms with Crippen LogP contribution in [0.25, 0.3) is 21.8 Å². The van der Waals surface area contributed by atoms with Gasteiger partial charge in [0, 0.05) is 31.4 Å². The highest BCUT2D eigenvalue weighted by atomic mass is 16.2. The van der Waals surface area contributed by atoms with Crippen molar-refractivity contribution >= 4 is 21.8 Å². The maximum absolute atomic E-state index is 13.0. The van der Waals surface area contributed by atoms with Gasteiger partial charge >= 0.3 is 5.69 Å². The molecule has 4 aromatic rings. The second kappa shape index (κ2) is 7.65. The van der Waals surface area contributed by atoms with Gasteiger partial charge in [-0.2, -0.15) is 0 Å². The molecule has 7 nitrogen and oxygen atoms in total. The van der Waals surface area contributed by atoms with Crippen molar-refractivity contribution in [3.05, 3.63) is 85.0 Å². The summed E-state index contributed by atoms with van der Waals surface area (Å²) in [5.41, 5.74) is 2.12. The SMILES string of the molecule is CC(Cc1cc2c(=O)n(C(C)C)c(=O)n(C)c2cn1)c1cc2ccccc2n(C)c1=O. The molecule has 0 aliphatic heterocycles. The van der Waals surface area contributed by atoms with Crippen molar-refractivity contribution < 1.29 is 0 Å². The fourth-order valence-electron chi connectivity index (χ4n) is 4.20. The van der Waals surface area contributed by atoms with Gasteiger partial charge in [-0.3, -0.25) is 23.7 Å². The van der Waals surface area contributed by atoms with Gasteiger partial charge in [0.05, 0.1) is 22.6 Å². The summed E-state index contributed by atoms with van der Waals surface area (Å²) in [5.74, 6) is -0.0897. The Kier molecular flexibility index (Phi) is 5.13. The molecule has 0 bridgehead atoms. The van der Waals surface area contributed by atoms with Crippen LogP contribution in [0, 0.1) is 0 Å². The Labute approximate surface area is 179 Å². The average Bonchev–Trinajstić information content (AvgIpc) is 2.74. The summed E-state index contributed by atoms with van der Waals surface area (Å²) in [6.07, 6.45) is 2.08. The third kappa shape index (κ3) is 3.40. The van der Waals surface area contributed by atoms with Crippen molar-refractivity contribution in [2.24, 2.45) is 14.1 Å². The smallest absolute Gasteiger partial charge is 0.311 e. The molecule has 7 heteroatoms. The standard InChI is InChI=1S/C24H26N4O3/c1-14(2)28-23(30)19-12-17(25-13-21(19)27(5)24(28)31)10-15(3)18-11-16-8-6-7-9-20(16)26(4)22(18)29/h6-9,11-15H,10H2,1-5H3. The second-order valence-electron chi connectivity index (χ2n) is 8.43. The summed E-state index contributed by atoms with van der Waals surface area (Å²) in [6.45, 7) is 5.62. The van der Waals surface area contributed by atoms with E-state index in [-0.39, 0.29) is 28.8 Å². The Balaban J connectivity index is 1.80. The summed E-state index contributed by atoms with van der Waals surface area (Å²) in [4.78, 5) is 42.9. The largest absolute Gasteiger partial charge is 0.331 e. The highest BCUT2D eigenvalue weighted by molar-refractivity contribution is 5.80. The van der Waals surface area contributed by atoms with Crippen molar-refractivity contribution in [2.75, 3.05) is 0 Å². The van der Waals surface area contributed by atoms with Gasteiger partial charge in [0.1, 0.15) is 0 Å². The zero-order valence-corrected chi connectivity index (χ0v) is 18.4. The summed E-state index contributed by atoms with van der Waals surface area (Å²) >= 11 is 0. The van der Waals surface area contributed by atoms with E-state index in [2.05, 4.69) is 4.98 Å². The van der Waals surface area contributed by atoms with Gasteiger partial charge < -0.3 is 4.57 Å². The first-order chi connectivity index (χ1) is 14.7. The topological polar surface area (TPSA) is 78.9 Å². The molecule has 31 heavy (non-hydrogen) atoms. The first-order valence-electron chi connectivity index (χ1n) is 10.4. The molecule has 0 saturated heterocycles. The van der Waals surface area contributed by atoms with Crippen molar-refractivity contribution in [1.82, 2.24) is 18.7 Å². The first-order valence-corrected chi connectivity index (χ1v) is 10.4. The molecular weight excluding hydrogens is 392 g/mol. The molecule has 160 valence electrons. The Morgan fingerprint density at radius 1 is 0.903 bits per heavy atom. The van der Waals surface area contributed by atoms with Crippen LogP contribution in [0.2, 0.25) is 0 Å². The van der Waals surface area contributed by atoms with Crippen LogP contribution in [0.3, 0.4) is 0 Å². The number of hydrogen-bond donors (Lipinski definition) is 0. The van der Waals surface area contributed by atoms with E-state index in [1.807, 2.05) is 51.1 Å². The zero-order valence-electron chi connectivity index (χ0n) is 18.4. The number of hydrogen-bond acceptors (Lipinski definition) is 4. The number of rotatable bonds is 4. The Morgan fingerprint density at radius 3 is 2.32 bits per heavy atom. The van der Waals surface area contributed by atoms with Gasteiger partial charge in [-0.25, -0.2) is 4.79 Å². The van der Waals surface area contributed by atoms with Gasteiger partial charge in [-0.05, 0) is 49.8 Å². The fraction of sp³-hybridized carbons (Fsp3) is 0.333. The van der Waals surface area contributed by atoms with Crippen molar-refractivity contribution in [2.45, 2.75) is 39.2 Å². The van der Waals surface area contributed by atoms with E-state index in [4.69, 9.17) is 0 Å². The van der Waals surface area contributed by atoms with E-state index in [1.165, 1.54) is 9.13 Å². The number of aromatic nitrogens is 4. The number of para-hydroxylation sites is 1. The number of pyridine rings is 2. The van der Waals surface area contributed by atoms with E-state index in [1.54, 1.807) is 30.9 Å². The Bertz CT molecular complexity index is 1490. The molecule has 4 rings (SSSR count). The lowest BCUT2D eigenvalue weighted by molar-refractivity contribution is 0.532. The molecule has 1 aromatic carbocycles. The van der Waals surface area contributed by atoms with E-state index in [0.717, 1.165) is 10.9 Å². The molecular formula is C24H26N4O3. The molecule has 0 amide bonds. The van der Waals surface area contributed by atoms with Crippen LogP contribution in [-0.4, -0.2) is 18.7 Å². The molecule has 3 heterocycles. The van der Waals surface area contributed by atoms with E-state index >= 15 is 0 Å². The minimum atomic E-state index is -0.352.